The lowest BCUT2D eigenvalue weighted by molar-refractivity contribution is 0.0805. The minimum atomic E-state index is -0.955. The molecule has 1 unspecified atom stereocenters. The van der Waals surface area contributed by atoms with Gasteiger partial charge in [0.1, 0.15) is 0 Å². The third-order valence-corrected chi connectivity index (χ3v) is 2.42. The van der Waals surface area contributed by atoms with Gasteiger partial charge in [-0.1, -0.05) is 12.1 Å². The molecule has 17 heavy (non-hydrogen) atoms. The maximum Gasteiger partial charge on any atom is 0.426 e. The van der Waals surface area contributed by atoms with Gasteiger partial charge in [-0.3, -0.25) is 4.79 Å². The van der Waals surface area contributed by atoms with Crippen LogP contribution in [-0.2, 0) is 0 Å². The summed E-state index contributed by atoms with van der Waals surface area (Å²) in [7, 11) is 0. The first-order valence-corrected chi connectivity index (χ1v) is 5.15. The van der Waals surface area contributed by atoms with Crippen molar-refractivity contribution in [1.29, 1.82) is 0 Å². The molecule has 0 fully saturated rings. The van der Waals surface area contributed by atoms with Crippen LogP contribution in [0.4, 0.5) is 0 Å². The molecule has 6 nitrogen and oxygen atoms in total. The molecule has 0 bridgehead atoms. The van der Waals surface area contributed by atoms with Gasteiger partial charge in [-0.15, -0.1) is 0 Å². The van der Waals surface area contributed by atoms with E-state index in [-0.39, 0.29) is 13.0 Å². The molecule has 90 valence electrons. The number of carbonyl (C=O) groups is 1. The van der Waals surface area contributed by atoms with E-state index >= 15 is 0 Å². The Bertz CT molecular complexity index is 599. The maximum absolute atomic E-state index is 11.8. The van der Waals surface area contributed by atoms with Crippen LogP contribution in [0.15, 0.2) is 33.5 Å². The van der Waals surface area contributed by atoms with Gasteiger partial charge in [-0.25, -0.2) is 9.36 Å². The van der Waals surface area contributed by atoms with Crippen LogP contribution in [0.5, 0.6) is 0 Å². The van der Waals surface area contributed by atoms with Crippen LogP contribution in [0.3, 0.4) is 0 Å². The Labute approximate surface area is 96.3 Å². The highest BCUT2D eigenvalue weighted by atomic mass is 16.4. The topological polar surface area (TPSA) is 98.5 Å². The summed E-state index contributed by atoms with van der Waals surface area (Å²) in [4.78, 5) is 23.3. The molecule has 0 spiro atoms. The summed E-state index contributed by atoms with van der Waals surface area (Å²) >= 11 is 0. The van der Waals surface area contributed by atoms with Gasteiger partial charge in [0.25, 0.3) is 0 Å². The summed E-state index contributed by atoms with van der Waals surface area (Å²) in [5.74, 6) is -1.28. The van der Waals surface area contributed by atoms with E-state index in [1.54, 1.807) is 24.3 Å². The fraction of sp³-hybridized carbons (Fsp3) is 0.273. The quantitative estimate of drug-likeness (QED) is 0.778. The number of para-hydroxylation sites is 2. The summed E-state index contributed by atoms with van der Waals surface area (Å²) in [5.41, 5.74) is 5.95. The van der Waals surface area contributed by atoms with Gasteiger partial charge in [0, 0.05) is 6.54 Å². The summed E-state index contributed by atoms with van der Waals surface area (Å²) in [6, 6.07) is 6.60. The highest BCUT2D eigenvalue weighted by molar-refractivity contribution is 5.89. The normalized spacial score (nSPS) is 12.8. The molecule has 2 aromatic rings. The predicted octanol–water partition coefficient (Wildman–Crippen LogP) is -0.0556. The van der Waals surface area contributed by atoms with Crippen molar-refractivity contribution >= 4 is 17.0 Å². The molecule has 1 aromatic heterocycles. The van der Waals surface area contributed by atoms with E-state index < -0.39 is 17.8 Å². The third kappa shape index (κ3) is 2.13. The van der Waals surface area contributed by atoms with Crippen molar-refractivity contribution in [3.05, 3.63) is 34.8 Å². The molecule has 0 saturated carbocycles. The standard InChI is InChI=1S/C11H12N2O4/c12-6-7(14)5-10(15)13-8-3-1-2-4-9(8)17-11(13)16/h1-4,7,14H,5-6,12H2. The summed E-state index contributed by atoms with van der Waals surface area (Å²) in [6.07, 6.45) is -1.16. The van der Waals surface area contributed by atoms with Gasteiger partial charge < -0.3 is 15.3 Å². The molecule has 0 amide bonds. The molecule has 0 aliphatic rings. The monoisotopic (exact) mass is 236 g/mol. The number of carbonyl (C=O) groups excluding carboxylic acids is 1. The van der Waals surface area contributed by atoms with Crippen molar-refractivity contribution in [3.8, 4) is 0 Å². The van der Waals surface area contributed by atoms with Crippen molar-refractivity contribution in [2.45, 2.75) is 12.5 Å². The second kappa shape index (κ2) is 4.52. The Kier molecular flexibility index (Phi) is 3.08. The van der Waals surface area contributed by atoms with Crippen molar-refractivity contribution < 1.29 is 14.3 Å². The highest BCUT2D eigenvalue weighted by Crippen LogP contribution is 2.12. The first-order valence-electron chi connectivity index (χ1n) is 5.15. The van der Waals surface area contributed by atoms with Gasteiger partial charge in [0.05, 0.1) is 18.0 Å². The number of nitrogens with two attached hydrogens (primary N) is 1. The van der Waals surface area contributed by atoms with Crippen LogP contribution in [0.25, 0.3) is 11.1 Å². The lowest BCUT2D eigenvalue weighted by Crippen LogP contribution is -2.29. The number of rotatable bonds is 3. The van der Waals surface area contributed by atoms with E-state index in [0.717, 1.165) is 4.57 Å². The third-order valence-electron chi connectivity index (χ3n) is 2.42. The lowest BCUT2D eigenvalue weighted by atomic mass is 10.2. The van der Waals surface area contributed by atoms with Crippen molar-refractivity contribution in [2.24, 2.45) is 5.73 Å². The molecule has 0 radical (unpaired) electrons. The molecule has 0 saturated heterocycles. The van der Waals surface area contributed by atoms with Crippen LogP contribution in [0.1, 0.15) is 11.2 Å². The molecule has 1 aromatic carbocycles. The number of oxazole rings is 1. The van der Waals surface area contributed by atoms with Gasteiger partial charge in [-0.2, -0.15) is 0 Å². The molecule has 2 rings (SSSR count). The van der Waals surface area contributed by atoms with Gasteiger partial charge in [-0.05, 0) is 12.1 Å². The van der Waals surface area contributed by atoms with Gasteiger partial charge in [0.15, 0.2) is 5.58 Å². The first kappa shape index (κ1) is 11.6. The molecule has 1 atom stereocenters. The molecular formula is C11H12N2O4. The Morgan fingerprint density at radius 1 is 1.47 bits per heavy atom. The van der Waals surface area contributed by atoms with Crippen molar-refractivity contribution in [3.63, 3.8) is 0 Å². The lowest BCUT2D eigenvalue weighted by Gasteiger charge is -2.05. The summed E-state index contributed by atoms with van der Waals surface area (Å²) < 4.78 is 5.82. The summed E-state index contributed by atoms with van der Waals surface area (Å²) in [5, 5.41) is 9.30. The van der Waals surface area contributed by atoms with Crippen molar-refractivity contribution in [1.82, 2.24) is 4.57 Å². The number of hydrogen-bond acceptors (Lipinski definition) is 5. The zero-order valence-electron chi connectivity index (χ0n) is 9.00. The summed E-state index contributed by atoms with van der Waals surface area (Å²) in [6.45, 7) is -0.0315. The van der Waals surface area contributed by atoms with Gasteiger partial charge in [0.2, 0.25) is 5.91 Å². The number of hydrogen-bond donors (Lipinski definition) is 2. The molecule has 1 heterocycles. The number of aliphatic hydroxyl groups excluding tert-OH is 1. The average Bonchev–Trinajstić information content (AvgIpc) is 2.64. The van der Waals surface area contributed by atoms with E-state index in [1.165, 1.54) is 0 Å². The fourth-order valence-electron chi connectivity index (χ4n) is 1.58. The molecule has 6 heteroatoms. The van der Waals surface area contributed by atoms with E-state index in [9.17, 15) is 14.7 Å². The zero-order chi connectivity index (χ0) is 12.4. The molecule has 0 aliphatic heterocycles. The molecule has 3 N–H and O–H groups in total. The Hall–Kier alpha value is -1.92. The average molecular weight is 236 g/mol. The second-order valence-corrected chi connectivity index (χ2v) is 3.66. The molecular weight excluding hydrogens is 224 g/mol. The minimum absolute atomic E-state index is 0.0315. The Balaban J connectivity index is 2.44. The minimum Gasteiger partial charge on any atom is -0.407 e. The number of aliphatic hydroxyl groups is 1. The van der Waals surface area contributed by atoms with Crippen LogP contribution in [0, 0.1) is 0 Å². The Morgan fingerprint density at radius 3 is 2.88 bits per heavy atom. The van der Waals surface area contributed by atoms with Gasteiger partial charge >= 0.3 is 5.76 Å². The van der Waals surface area contributed by atoms with Crippen molar-refractivity contribution in [2.75, 3.05) is 6.54 Å². The number of nitrogens with zero attached hydrogens (tertiary/aromatic N) is 1. The van der Waals surface area contributed by atoms with E-state index in [4.69, 9.17) is 10.2 Å². The van der Waals surface area contributed by atoms with E-state index in [1.807, 2.05) is 0 Å². The predicted molar refractivity (Wildman–Crippen MR) is 60.8 cm³/mol. The zero-order valence-corrected chi connectivity index (χ0v) is 9.00. The highest BCUT2D eigenvalue weighted by Gasteiger charge is 2.17. The number of benzene rings is 1. The number of aromatic nitrogens is 1. The number of fused-ring (bicyclic) bond motifs is 1. The van der Waals surface area contributed by atoms with E-state index in [0.29, 0.717) is 11.1 Å². The largest absolute Gasteiger partial charge is 0.426 e. The molecule has 0 aliphatic carbocycles. The van der Waals surface area contributed by atoms with Crippen LogP contribution in [-0.4, -0.2) is 28.2 Å². The van der Waals surface area contributed by atoms with Crippen LogP contribution in [0.2, 0.25) is 0 Å². The SMILES string of the molecule is NCC(O)CC(=O)n1c(=O)oc2ccccc21. The first-order chi connectivity index (χ1) is 8.13. The maximum atomic E-state index is 11.8. The Morgan fingerprint density at radius 2 is 2.18 bits per heavy atom. The second-order valence-electron chi connectivity index (χ2n) is 3.66. The van der Waals surface area contributed by atoms with E-state index in [2.05, 4.69) is 0 Å². The van der Waals surface area contributed by atoms with Crippen LogP contribution < -0.4 is 11.5 Å². The smallest absolute Gasteiger partial charge is 0.407 e. The fourth-order valence-corrected chi connectivity index (χ4v) is 1.58. The van der Waals surface area contributed by atoms with Crippen LogP contribution >= 0.6 is 0 Å².